The molecule has 0 unspecified atom stereocenters. The predicted molar refractivity (Wildman–Crippen MR) is 81.4 cm³/mol. The van der Waals surface area contributed by atoms with Gasteiger partial charge in [-0.1, -0.05) is 19.3 Å². The molecule has 0 bridgehead atoms. The molecule has 0 aromatic heterocycles. The number of rotatable bonds is 5. The molecule has 1 aliphatic carbocycles. The number of esters is 1. The average molecular weight is 312 g/mol. The van der Waals surface area contributed by atoms with Crippen LogP contribution in [0.15, 0.2) is 0 Å². The number of hydrogen-bond donors (Lipinski definition) is 1. The Balaban J connectivity index is 2.27. The SMILES string of the molecule is CC(C)OC(=O)[C@@]1(CCCO)C(=O)CCCCCC[C@H]2O[C@@H]21. The quantitative estimate of drug-likeness (QED) is 0.479. The second-order valence-corrected chi connectivity index (χ2v) is 6.72. The normalized spacial score (nSPS) is 32.5. The van der Waals surface area contributed by atoms with E-state index >= 15 is 0 Å². The van der Waals surface area contributed by atoms with Gasteiger partial charge in [-0.25, -0.2) is 0 Å². The van der Waals surface area contributed by atoms with Crippen LogP contribution < -0.4 is 0 Å². The van der Waals surface area contributed by atoms with Crippen LogP contribution in [-0.4, -0.2) is 41.8 Å². The summed E-state index contributed by atoms with van der Waals surface area (Å²) in [5.41, 5.74) is -1.21. The summed E-state index contributed by atoms with van der Waals surface area (Å²) in [7, 11) is 0. The molecule has 5 nitrogen and oxygen atoms in total. The van der Waals surface area contributed by atoms with Gasteiger partial charge in [0.1, 0.15) is 6.10 Å². The van der Waals surface area contributed by atoms with Crippen LogP contribution in [0.25, 0.3) is 0 Å². The molecule has 0 amide bonds. The molecule has 1 saturated carbocycles. The van der Waals surface area contributed by atoms with Crippen molar-refractivity contribution in [2.75, 3.05) is 6.61 Å². The number of aliphatic hydroxyl groups is 1. The number of fused-ring (bicyclic) bond motifs is 1. The van der Waals surface area contributed by atoms with Crippen molar-refractivity contribution >= 4 is 11.8 Å². The molecule has 0 aromatic carbocycles. The Hall–Kier alpha value is -0.940. The van der Waals surface area contributed by atoms with E-state index in [2.05, 4.69) is 0 Å². The number of hydrogen-bond acceptors (Lipinski definition) is 5. The molecule has 2 fully saturated rings. The molecule has 22 heavy (non-hydrogen) atoms. The van der Waals surface area contributed by atoms with E-state index in [-0.39, 0.29) is 30.7 Å². The molecule has 2 aliphatic rings. The van der Waals surface area contributed by atoms with Gasteiger partial charge in [-0.3, -0.25) is 9.59 Å². The highest BCUT2D eigenvalue weighted by atomic mass is 16.6. The Bertz CT molecular complexity index is 406. The van der Waals surface area contributed by atoms with Crippen LogP contribution in [-0.2, 0) is 19.1 Å². The van der Waals surface area contributed by atoms with Crippen LogP contribution in [0.1, 0.15) is 65.2 Å². The van der Waals surface area contributed by atoms with Gasteiger partial charge >= 0.3 is 5.97 Å². The van der Waals surface area contributed by atoms with E-state index in [4.69, 9.17) is 9.47 Å². The fourth-order valence-electron chi connectivity index (χ4n) is 3.45. The first-order valence-corrected chi connectivity index (χ1v) is 8.53. The van der Waals surface area contributed by atoms with E-state index in [9.17, 15) is 14.7 Å². The minimum atomic E-state index is -1.21. The van der Waals surface area contributed by atoms with Crippen LogP contribution in [0, 0.1) is 5.41 Å². The highest BCUT2D eigenvalue weighted by Gasteiger charge is 2.62. The standard InChI is InChI=1S/C17H28O5/c1-12(2)21-16(20)17(10-7-11-18)14(19)9-6-4-3-5-8-13-15(17)22-13/h12-13,15,18H,3-11H2,1-2H3/t13-,15+,17+/m1/s1. The zero-order chi connectivity index (χ0) is 16.2. The molecule has 5 heteroatoms. The summed E-state index contributed by atoms with van der Waals surface area (Å²) < 4.78 is 11.1. The minimum absolute atomic E-state index is 0.0135. The lowest BCUT2D eigenvalue weighted by atomic mass is 9.72. The third kappa shape index (κ3) is 3.69. The maximum absolute atomic E-state index is 12.9. The number of Topliss-reactive ketones (excluding diaryl/α,β-unsaturated/α-hetero) is 1. The van der Waals surface area contributed by atoms with Crippen molar-refractivity contribution in [3.05, 3.63) is 0 Å². The van der Waals surface area contributed by atoms with E-state index in [0.717, 1.165) is 32.1 Å². The van der Waals surface area contributed by atoms with E-state index in [0.29, 0.717) is 19.3 Å². The number of epoxide rings is 1. The van der Waals surface area contributed by atoms with Crippen LogP contribution in [0.4, 0.5) is 0 Å². The van der Waals surface area contributed by atoms with Gasteiger partial charge in [0.25, 0.3) is 0 Å². The van der Waals surface area contributed by atoms with Crippen LogP contribution in [0.5, 0.6) is 0 Å². The molecule has 0 radical (unpaired) electrons. The first kappa shape index (κ1) is 17.4. The van der Waals surface area contributed by atoms with Gasteiger partial charge in [-0.05, 0) is 39.5 Å². The Morgan fingerprint density at radius 3 is 2.77 bits per heavy atom. The Labute approximate surface area is 132 Å². The molecular weight excluding hydrogens is 284 g/mol. The summed E-state index contributed by atoms with van der Waals surface area (Å²) >= 11 is 0. The van der Waals surface area contributed by atoms with Crippen molar-refractivity contribution in [1.82, 2.24) is 0 Å². The molecule has 3 atom stereocenters. The van der Waals surface area contributed by atoms with Crippen molar-refractivity contribution in [3.63, 3.8) is 0 Å². The van der Waals surface area contributed by atoms with E-state index in [1.165, 1.54) is 0 Å². The molecule has 2 rings (SSSR count). The smallest absolute Gasteiger partial charge is 0.322 e. The molecule has 1 N–H and O–H groups in total. The fraction of sp³-hybridized carbons (Fsp3) is 0.882. The monoisotopic (exact) mass is 312 g/mol. The minimum Gasteiger partial charge on any atom is -0.462 e. The molecule has 1 heterocycles. The zero-order valence-corrected chi connectivity index (χ0v) is 13.7. The number of carbonyl (C=O) groups excluding carboxylic acids is 2. The lowest BCUT2D eigenvalue weighted by molar-refractivity contribution is -0.166. The topological polar surface area (TPSA) is 76.1 Å². The third-order valence-corrected chi connectivity index (χ3v) is 4.64. The first-order chi connectivity index (χ1) is 10.5. The highest BCUT2D eigenvalue weighted by molar-refractivity contribution is 6.05. The van der Waals surface area contributed by atoms with Crippen molar-refractivity contribution in [3.8, 4) is 0 Å². The maximum atomic E-state index is 12.9. The van der Waals surface area contributed by atoms with Crippen molar-refractivity contribution in [2.24, 2.45) is 5.41 Å². The molecular formula is C17H28O5. The zero-order valence-electron chi connectivity index (χ0n) is 13.7. The second kappa shape index (κ2) is 7.55. The number of ether oxygens (including phenoxy) is 2. The molecule has 0 spiro atoms. The van der Waals surface area contributed by atoms with Crippen molar-refractivity contribution in [2.45, 2.75) is 83.5 Å². The van der Waals surface area contributed by atoms with Crippen LogP contribution >= 0.6 is 0 Å². The average Bonchev–Trinajstić information content (AvgIpc) is 3.22. The van der Waals surface area contributed by atoms with Gasteiger partial charge < -0.3 is 14.6 Å². The Morgan fingerprint density at radius 1 is 1.36 bits per heavy atom. The molecule has 0 aromatic rings. The summed E-state index contributed by atoms with van der Waals surface area (Å²) in [5, 5.41) is 9.18. The van der Waals surface area contributed by atoms with Crippen LogP contribution in [0.3, 0.4) is 0 Å². The summed E-state index contributed by atoms with van der Waals surface area (Å²) in [6, 6.07) is 0. The highest BCUT2D eigenvalue weighted by Crippen LogP contribution is 2.47. The van der Waals surface area contributed by atoms with E-state index < -0.39 is 11.4 Å². The second-order valence-electron chi connectivity index (χ2n) is 6.72. The Morgan fingerprint density at radius 2 is 2.09 bits per heavy atom. The maximum Gasteiger partial charge on any atom is 0.322 e. The number of ketones is 1. The number of aliphatic hydroxyl groups excluding tert-OH is 1. The van der Waals surface area contributed by atoms with E-state index in [1.54, 1.807) is 13.8 Å². The number of carbonyl (C=O) groups is 2. The lowest BCUT2D eigenvalue weighted by Gasteiger charge is -2.30. The van der Waals surface area contributed by atoms with Gasteiger partial charge in [-0.2, -0.15) is 0 Å². The summed E-state index contributed by atoms with van der Waals surface area (Å²) in [6.45, 7) is 3.53. The predicted octanol–water partition coefficient (Wildman–Crippen LogP) is 2.39. The summed E-state index contributed by atoms with van der Waals surface area (Å²) in [5.74, 6) is -0.532. The molecule has 1 aliphatic heterocycles. The van der Waals surface area contributed by atoms with Gasteiger partial charge in [0.05, 0.1) is 12.2 Å². The van der Waals surface area contributed by atoms with Crippen molar-refractivity contribution < 1.29 is 24.2 Å². The summed E-state index contributed by atoms with van der Waals surface area (Å²) in [6.07, 6.45) is 5.38. The van der Waals surface area contributed by atoms with Gasteiger partial charge in [-0.15, -0.1) is 0 Å². The largest absolute Gasteiger partial charge is 0.462 e. The lowest BCUT2D eigenvalue weighted by Crippen LogP contribution is -2.47. The van der Waals surface area contributed by atoms with Gasteiger partial charge in [0.2, 0.25) is 0 Å². The van der Waals surface area contributed by atoms with Crippen LogP contribution in [0.2, 0.25) is 0 Å². The Kier molecular flexibility index (Phi) is 5.98. The molecule has 126 valence electrons. The van der Waals surface area contributed by atoms with E-state index in [1.807, 2.05) is 0 Å². The fourth-order valence-corrected chi connectivity index (χ4v) is 3.45. The van der Waals surface area contributed by atoms with Crippen molar-refractivity contribution in [1.29, 1.82) is 0 Å². The van der Waals surface area contributed by atoms with Gasteiger partial charge in [0.15, 0.2) is 11.2 Å². The van der Waals surface area contributed by atoms with Gasteiger partial charge in [0, 0.05) is 13.0 Å². The summed E-state index contributed by atoms with van der Waals surface area (Å²) in [4.78, 5) is 25.6. The third-order valence-electron chi connectivity index (χ3n) is 4.64. The first-order valence-electron chi connectivity index (χ1n) is 8.53. The molecule has 1 saturated heterocycles.